The van der Waals surface area contributed by atoms with Gasteiger partial charge in [-0.05, 0) is 41.4 Å². The number of halogens is 1. The van der Waals surface area contributed by atoms with Crippen LogP contribution in [0.15, 0.2) is 22.7 Å². The summed E-state index contributed by atoms with van der Waals surface area (Å²) in [6.45, 7) is 1.66. The largest absolute Gasteiger partial charge is 0.497 e. The highest BCUT2D eigenvalue weighted by atomic mass is 79.9. The van der Waals surface area contributed by atoms with Gasteiger partial charge in [-0.3, -0.25) is 4.79 Å². The normalized spacial score (nSPS) is 12.0. The zero-order valence-corrected chi connectivity index (χ0v) is 11.5. The summed E-state index contributed by atoms with van der Waals surface area (Å²) >= 11 is 3.35. The molecule has 1 unspecified atom stereocenters. The molecule has 4 nitrogen and oxygen atoms in total. The van der Waals surface area contributed by atoms with Crippen molar-refractivity contribution in [2.45, 2.75) is 25.9 Å². The molecule has 0 aliphatic heterocycles. The van der Waals surface area contributed by atoms with Crippen LogP contribution in [0.3, 0.4) is 0 Å². The maximum atomic E-state index is 11.6. The van der Waals surface area contributed by atoms with Crippen molar-refractivity contribution in [3.63, 3.8) is 0 Å². The van der Waals surface area contributed by atoms with E-state index in [4.69, 9.17) is 9.84 Å². The highest BCUT2D eigenvalue weighted by molar-refractivity contribution is 9.10. The molecule has 1 amide bonds. The topological polar surface area (TPSA) is 58.6 Å². The molecule has 1 aromatic rings. The molecule has 0 saturated carbocycles. The van der Waals surface area contributed by atoms with E-state index in [2.05, 4.69) is 21.2 Å². The molecule has 17 heavy (non-hydrogen) atoms. The molecule has 0 bridgehead atoms. The zero-order valence-electron chi connectivity index (χ0n) is 9.87. The zero-order chi connectivity index (χ0) is 12.8. The second-order valence-corrected chi connectivity index (χ2v) is 4.64. The molecular formula is C12H16BrNO3. The minimum absolute atomic E-state index is 0.125. The Morgan fingerprint density at radius 3 is 2.88 bits per heavy atom. The fourth-order valence-corrected chi connectivity index (χ4v) is 1.63. The Kier molecular flexibility index (Phi) is 5.44. The first-order valence-corrected chi connectivity index (χ1v) is 6.13. The highest BCUT2D eigenvalue weighted by Crippen LogP contribution is 2.27. The minimum Gasteiger partial charge on any atom is -0.497 e. The molecular weight excluding hydrogens is 286 g/mol. The maximum Gasteiger partial charge on any atom is 0.224 e. The van der Waals surface area contributed by atoms with Gasteiger partial charge < -0.3 is 15.2 Å². The van der Waals surface area contributed by atoms with Crippen LogP contribution in [0, 0.1) is 0 Å². The summed E-state index contributed by atoms with van der Waals surface area (Å²) < 4.78 is 5.87. The number of hydrogen-bond donors (Lipinski definition) is 2. The van der Waals surface area contributed by atoms with Gasteiger partial charge in [0.2, 0.25) is 5.91 Å². The predicted octanol–water partition coefficient (Wildman–Crippen LogP) is 2.56. The quantitative estimate of drug-likeness (QED) is 0.879. The number of nitrogens with one attached hydrogen (secondary N) is 1. The van der Waals surface area contributed by atoms with E-state index in [0.29, 0.717) is 24.3 Å². The van der Waals surface area contributed by atoms with Crippen molar-refractivity contribution in [1.29, 1.82) is 0 Å². The van der Waals surface area contributed by atoms with Gasteiger partial charge in [-0.1, -0.05) is 0 Å². The number of amides is 1. The van der Waals surface area contributed by atoms with Crippen molar-refractivity contribution in [1.82, 2.24) is 0 Å². The van der Waals surface area contributed by atoms with E-state index >= 15 is 0 Å². The number of hydrogen-bond acceptors (Lipinski definition) is 3. The molecule has 1 aromatic carbocycles. The van der Waals surface area contributed by atoms with Gasteiger partial charge in [0.25, 0.3) is 0 Å². The van der Waals surface area contributed by atoms with Gasteiger partial charge in [-0.25, -0.2) is 0 Å². The van der Waals surface area contributed by atoms with Crippen LogP contribution in [0.5, 0.6) is 5.75 Å². The number of ether oxygens (including phenoxy) is 1. The average molecular weight is 302 g/mol. The third-order valence-electron chi connectivity index (χ3n) is 2.24. The van der Waals surface area contributed by atoms with E-state index < -0.39 is 6.10 Å². The summed E-state index contributed by atoms with van der Waals surface area (Å²) in [5.41, 5.74) is 0.667. The highest BCUT2D eigenvalue weighted by Gasteiger charge is 2.08. The average Bonchev–Trinajstić information content (AvgIpc) is 2.29. The van der Waals surface area contributed by atoms with Crippen molar-refractivity contribution >= 4 is 27.5 Å². The summed E-state index contributed by atoms with van der Waals surface area (Å²) in [6.07, 6.45) is 0.281. The van der Waals surface area contributed by atoms with E-state index in [1.165, 1.54) is 0 Å². The Labute approximate surface area is 109 Å². The Balaban J connectivity index is 2.64. The molecule has 0 aromatic heterocycles. The van der Waals surface area contributed by atoms with E-state index in [0.717, 1.165) is 4.47 Å². The number of rotatable bonds is 5. The van der Waals surface area contributed by atoms with Gasteiger partial charge in [-0.2, -0.15) is 0 Å². The first kappa shape index (κ1) is 14.0. The Bertz CT molecular complexity index is 393. The number of carbonyl (C=O) groups is 1. The van der Waals surface area contributed by atoms with Crippen molar-refractivity contribution in [3.05, 3.63) is 22.7 Å². The van der Waals surface area contributed by atoms with Crippen LogP contribution >= 0.6 is 15.9 Å². The molecule has 2 N–H and O–H groups in total. The number of carbonyl (C=O) groups excluding carboxylic acids is 1. The van der Waals surface area contributed by atoms with E-state index in [-0.39, 0.29) is 5.91 Å². The van der Waals surface area contributed by atoms with E-state index in [1.54, 1.807) is 26.2 Å². The summed E-state index contributed by atoms with van der Waals surface area (Å²) in [5.74, 6) is 0.555. The predicted molar refractivity (Wildman–Crippen MR) is 70.2 cm³/mol. The molecule has 94 valence electrons. The Morgan fingerprint density at radius 1 is 1.59 bits per heavy atom. The second-order valence-electron chi connectivity index (χ2n) is 3.78. The first-order chi connectivity index (χ1) is 8.02. The van der Waals surface area contributed by atoms with Crippen molar-refractivity contribution in [2.24, 2.45) is 0 Å². The summed E-state index contributed by atoms with van der Waals surface area (Å²) in [6, 6.07) is 5.35. The summed E-state index contributed by atoms with van der Waals surface area (Å²) in [4.78, 5) is 11.6. The third kappa shape index (κ3) is 4.75. The third-order valence-corrected chi connectivity index (χ3v) is 2.93. The minimum atomic E-state index is -0.463. The number of aliphatic hydroxyl groups is 1. The summed E-state index contributed by atoms with van der Waals surface area (Å²) in [5, 5.41) is 11.9. The smallest absolute Gasteiger partial charge is 0.224 e. The van der Waals surface area contributed by atoms with Gasteiger partial charge in [0.1, 0.15) is 5.75 Å². The molecule has 0 radical (unpaired) electrons. The maximum absolute atomic E-state index is 11.6. The molecule has 0 saturated heterocycles. The Morgan fingerprint density at radius 2 is 2.29 bits per heavy atom. The van der Waals surface area contributed by atoms with Crippen LogP contribution in [0.4, 0.5) is 5.69 Å². The van der Waals surface area contributed by atoms with Crippen LogP contribution in [0.25, 0.3) is 0 Å². The number of anilines is 1. The van der Waals surface area contributed by atoms with Gasteiger partial charge in [0.15, 0.2) is 0 Å². The first-order valence-electron chi connectivity index (χ1n) is 5.34. The lowest BCUT2D eigenvalue weighted by atomic mass is 10.2. The molecule has 0 fully saturated rings. The molecule has 5 heteroatoms. The van der Waals surface area contributed by atoms with Crippen LogP contribution in [0.2, 0.25) is 0 Å². The van der Waals surface area contributed by atoms with Crippen LogP contribution < -0.4 is 10.1 Å². The lowest BCUT2D eigenvalue weighted by Gasteiger charge is -2.09. The Hall–Kier alpha value is -1.07. The van der Waals surface area contributed by atoms with Crippen LogP contribution in [0.1, 0.15) is 19.8 Å². The van der Waals surface area contributed by atoms with Crippen molar-refractivity contribution in [2.75, 3.05) is 12.4 Å². The molecule has 0 heterocycles. The lowest BCUT2D eigenvalue weighted by Crippen LogP contribution is -2.14. The van der Waals surface area contributed by atoms with Gasteiger partial charge >= 0.3 is 0 Å². The standard InChI is InChI=1S/C12H16BrNO3/c1-8(15)3-6-12(16)14-11-7-9(17-2)4-5-10(11)13/h4-5,7-8,15H,3,6H2,1-2H3,(H,14,16). The lowest BCUT2D eigenvalue weighted by molar-refractivity contribution is -0.116. The van der Waals surface area contributed by atoms with Crippen molar-refractivity contribution < 1.29 is 14.6 Å². The van der Waals surface area contributed by atoms with Crippen LogP contribution in [-0.4, -0.2) is 24.2 Å². The van der Waals surface area contributed by atoms with Gasteiger partial charge in [0.05, 0.1) is 18.9 Å². The summed E-state index contributed by atoms with van der Waals surface area (Å²) in [7, 11) is 1.57. The molecule has 1 rings (SSSR count). The number of benzene rings is 1. The SMILES string of the molecule is COc1ccc(Br)c(NC(=O)CCC(C)O)c1. The van der Waals surface area contributed by atoms with Crippen LogP contribution in [-0.2, 0) is 4.79 Å². The molecule has 0 spiro atoms. The number of aliphatic hydroxyl groups excluding tert-OH is 1. The fraction of sp³-hybridized carbons (Fsp3) is 0.417. The number of methoxy groups -OCH3 is 1. The fourth-order valence-electron chi connectivity index (χ4n) is 1.28. The monoisotopic (exact) mass is 301 g/mol. The van der Waals surface area contributed by atoms with Gasteiger partial charge in [-0.15, -0.1) is 0 Å². The molecule has 0 aliphatic carbocycles. The van der Waals surface area contributed by atoms with E-state index in [1.807, 2.05) is 6.07 Å². The molecule has 1 atom stereocenters. The second kappa shape index (κ2) is 6.61. The molecule has 0 aliphatic rings. The van der Waals surface area contributed by atoms with E-state index in [9.17, 15) is 4.79 Å². The van der Waals surface area contributed by atoms with Gasteiger partial charge in [0, 0.05) is 17.0 Å². The van der Waals surface area contributed by atoms with Crippen molar-refractivity contribution in [3.8, 4) is 5.75 Å².